The first kappa shape index (κ1) is 22.2. The normalized spacial score (nSPS) is 15.3. The Morgan fingerprint density at radius 2 is 2.04 bits per heavy atom. The number of ketones is 1. The number of rotatable bonds is 11. The first-order valence-electron chi connectivity index (χ1n) is 10.6. The number of carbonyl (C=O) groups is 2. The molecule has 0 radical (unpaired) electrons. The number of ether oxygens (including phenoxy) is 1. The number of hydrogen-bond donors (Lipinski definition) is 2. The van der Waals surface area contributed by atoms with E-state index in [0.717, 1.165) is 23.2 Å². The van der Waals surface area contributed by atoms with E-state index >= 15 is 0 Å². The van der Waals surface area contributed by atoms with Gasteiger partial charge in [-0.15, -0.1) is 0 Å². The molecule has 0 saturated heterocycles. The Kier molecular flexibility index (Phi) is 9.77. The molecule has 0 spiro atoms. The van der Waals surface area contributed by atoms with E-state index in [1.807, 2.05) is 49.8 Å². The summed E-state index contributed by atoms with van der Waals surface area (Å²) >= 11 is 0. The Bertz CT molecular complexity index is 664. The van der Waals surface area contributed by atoms with E-state index in [0.29, 0.717) is 31.9 Å². The van der Waals surface area contributed by atoms with Crippen LogP contribution in [0, 0.1) is 5.92 Å². The summed E-state index contributed by atoms with van der Waals surface area (Å²) in [5.74, 6) is 0.746. The van der Waals surface area contributed by atoms with E-state index in [2.05, 4.69) is 5.32 Å². The number of quaternary nitrogens is 1. The second-order valence-electron chi connectivity index (χ2n) is 7.57. The lowest BCUT2D eigenvalue weighted by atomic mass is 9.86. The molecule has 5 heteroatoms. The summed E-state index contributed by atoms with van der Waals surface area (Å²) in [6, 6.07) is 7.68. The fraction of sp³-hybridized carbons (Fsp3) is 0.565. The molecular weight excluding hydrogens is 352 g/mol. The number of Topliss-reactive ketones (excluding diaryl/α,β-unsaturated/α-hetero) is 1. The van der Waals surface area contributed by atoms with Gasteiger partial charge in [-0.25, -0.2) is 0 Å². The maximum Gasteiger partial charge on any atom is 0.306 e. The molecule has 1 aromatic rings. The zero-order valence-corrected chi connectivity index (χ0v) is 17.3. The van der Waals surface area contributed by atoms with Crippen molar-refractivity contribution in [3.8, 4) is 0 Å². The van der Waals surface area contributed by atoms with Gasteiger partial charge in [-0.1, -0.05) is 57.2 Å². The second-order valence-corrected chi connectivity index (χ2v) is 7.57. The van der Waals surface area contributed by atoms with Gasteiger partial charge in [0.15, 0.2) is 18.1 Å². The summed E-state index contributed by atoms with van der Waals surface area (Å²) < 4.78 is 5.43. The predicted octanol–water partition coefficient (Wildman–Crippen LogP) is 3.31. The van der Waals surface area contributed by atoms with E-state index in [-0.39, 0.29) is 11.8 Å². The first-order chi connectivity index (χ1) is 13.6. The van der Waals surface area contributed by atoms with Gasteiger partial charge in [0.25, 0.3) is 0 Å². The third-order valence-corrected chi connectivity index (χ3v) is 5.42. The molecule has 1 aromatic carbocycles. The Labute approximate surface area is 168 Å². The Hall–Kier alpha value is -2.14. The van der Waals surface area contributed by atoms with Crippen LogP contribution in [0.25, 0.3) is 0 Å². The molecule has 1 saturated carbocycles. The number of hydrogen-bond acceptors (Lipinski definition) is 4. The Balaban J connectivity index is 1.72. The maximum atomic E-state index is 12.0. The van der Waals surface area contributed by atoms with Gasteiger partial charge in [0.2, 0.25) is 0 Å². The van der Waals surface area contributed by atoms with Gasteiger partial charge < -0.3 is 15.4 Å². The van der Waals surface area contributed by atoms with Crippen molar-refractivity contribution in [2.45, 2.75) is 64.8 Å². The quantitative estimate of drug-likeness (QED) is 0.451. The van der Waals surface area contributed by atoms with Crippen molar-refractivity contribution < 1.29 is 19.6 Å². The molecule has 154 valence electrons. The summed E-state index contributed by atoms with van der Waals surface area (Å²) in [6.45, 7) is 2.79. The van der Waals surface area contributed by atoms with Crippen LogP contribution < -0.4 is 10.6 Å². The van der Waals surface area contributed by atoms with Gasteiger partial charge in [0, 0.05) is 24.9 Å². The van der Waals surface area contributed by atoms with Crippen molar-refractivity contribution in [2.24, 2.45) is 5.92 Å². The van der Waals surface area contributed by atoms with Crippen LogP contribution in [0.1, 0.15) is 74.2 Å². The molecular formula is C23H35N2O3+. The molecule has 0 unspecified atom stereocenters. The molecule has 0 amide bonds. The topological polar surface area (TPSA) is 72.0 Å². The highest BCUT2D eigenvalue weighted by Gasteiger charge is 2.15. The molecule has 1 aliphatic carbocycles. The first-order valence-corrected chi connectivity index (χ1v) is 10.6. The highest BCUT2D eigenvalue weighted by molar-refractivity contribution is 5.95. The second kappa shape index (κ2) is 12.3. The molecule has 28 heavy (non-hydrogen) atoms. The Morgan fingerprint density at radius 3 is 2.75 bits per heavy atom. The molecule has 3 N–H and O–H groups in total. The summed E-state index contributed by atoms with van der Waals surface area (Å²) in [5, 5.41) is 5.19. The van der Waals surface area contributed by atoms with Crippen molar-refractivity contribution in [3.05, 3.63) is 47.3 Å². The average molecular weight is 388 g/mol. The van der Waals surface area contributed by atoms with E-state index in [4.69, 9.17) is 4.74 Å². The van der Waals surface area contributed by atoms with Crippen LogP contribution in [0.3, 0.4) is 0 Å². The average Bonchev–Trinajstić information content (AvgIpc) is 2.75. The van der Waals surface area contributed by atoms with E-state index in [1.165, 1.54) is 32.1 Å². The predicted molar refractivity (Wildman–Crippen MR) is 111 cm³/mol. The lowest BCUT2D eigenvalue weighted by Crippen LogP contribution is -2.78. The molecule has 5 nitrogen and oxygen atoms in total. The molecule has 0 atom stereocenters. The largest absolute Gasteiger partial charge is 0.455 e. The standard InChI is InChI=1S/C23H34N2O3/c1-3-22(26)20-11-7-10-19(14-20)15-25-16-21(24-2)17-28-23(27)13-12-18-8-5-4-6-9-18/h7,10-11,14,16,18,24-25H,3-6,8-9,12-13,15,17H2,1-2H3/p+1/b21-16-. The number of likely N-dealkylation sites (N-methyl/N-ethyl adjacent to an activating group) is 1. The summed E-state index contributed by atoms with van der Waals surface area (Å²) in [4.78, 5) is 23.8. The van der Waals surface area contributed by atoms with Crippen molar-refractivity contribution >= 4 is 11.8 Å². The molecule has 0 aromatic heterocycles. The SMILES string of the molecule is CCC(=O)c1cccc(CN/C=C(/COC(=O)CCC2CCCCC2)[NH2+]C)c1. The molecule has 1 aliphatic rings. The number of nitrogens with two attached hydrogens (primary N) is 1. The van der Waals surface area contributed by atoms with Gasteiger partial charge in [-0.2, -0.15) is 0 Å². The van der Waals surface area contributed by atoms with Crippen molar-refractivity contribution in [1.29, 1.82) is 0 Å². The van der Waals surface area contributed by atoms with Gasteiger partial charge >= 0.3 is 5.97 Å². The molecule has 0 bridgehead atoms. The number of benzene rings is 1. The van der Waals surface area contributed by atoms with Crippen molar-refractivity contribution in [2.75, 3.05) is 13.7 Å². The smallest absolute Gasteiger partial charge is 0.306 e. The van der Waals surface area contributed by atoms with Gasteiger partial charge in [0.1, 0.15) is 0 Å². The molecule has 0 heterocycles. The van der Waals surface area contributed by atoms with Crippen LogP contribution in [-0.2, 0) is 16.1 Å². The van der Waals surface area contributed by atoms with Gasteiger partial charge in [-0.3, -0.25) is 9.59 Å². The van der Waals surface area contributed by atoms with E-state index in [1.54, 1.807) is 0 Å². The van der Waals surface area contributed by atoms with E-state index < -0.39 is 0 Å². The number of carbonyl (C=O) groups excluding carboxylic acids is 2. The van der Waals surface area contributed by atoms with Gasteiger partial charge in [0.05, 0.1) is 13.2 Å². The van der Waals surface area contributed by atoms with E-state index in [9.17, 15) is 9.59 Å². The van der Waals surface area contributed by atoms with Crippen LogP contribution in [0.4, 0.5) is 0 Å². The third kappa shape index (κ3) is 7.85. The zero-order chi connectivity index (χ0) is 20.2. The lowest BCUT2D eigenvalue weighted by Gasteiger charge is -2.20. The molecule has 1 fully saturated rings. The van der Waals surface area contributed by atoms with Gasteiger partial charge in [-0.05, 0) is 24.0 Å². The van der Waals surface area contributed by atoms with Crippen LogP contribution in [0.5, 0.6) is 0 Å². The minimum atomic E-state index is -0.107. The van der Waals surface area contributed by atoms with Crippen molar-refractivity contribution in [3.63, 3.8) is 0 Å². The summed E-state index contributed by atoms with van der Waals surface area (Å²) in [5.41, 5.74) is 2.74. The van der Waals surface area contributed by atoms with Crippen LogP contribution >= 0.6 is 0 Å². The Morgan fingerprint density at radius 1 is 1.25 bits per heavy atom. The number of nitrogens with one attached hydrogen (secondary N) is 1. The highest BCUT2D eigenvalue weighted by Crippen LogP contribution is 2.27. The minimum absolute atomic E-state index is 0.107. The molecule has 2 rings (SSSR count). The summed E-state index contributed by atoms with van der Waals surface area (Å²) in [7, 11) is 1.93. The van der Waals surface area contributed by atoms with Crippen LogP contribution in [0.15, 0.2) is 36.2 Å². The van der Waals surface area contributed by atoms with Crippen LogP contribution in [0.2, 0.25) is 0 Å². The fourth-order valence-electron chi connectivity index (χ4n) is 3.60. The minimum Gasteiger partial charge on any atom is -0.455 e. The highest BCUT2D eigenvalue weighted by atomic mass is 16.5. The summed E-state index contributed by atoms with van der Waals surface area (Å²) in [6.07, 6.45) is 10.3. The van der Waals surface area contributed by atoms with Crippen LogP contribution in [-0.4, -0.2) is 25.4 Å². The monoisotopic (exact) mass is 387 g/mol. The maximum absolute atomic E-state index is 12.0. The molecule has 0 aliphatic heterocycles. The third-order valence-electron chi connectivity index (χ3n) is 5.42. The van der Waals surface area contributed by atoms with Crippen molar-refractivity contribution in [1.82, 2.24) is 5.32 Å². The fourth-order valence-corrected chi connectivity index (χ4v) is 3.60. The lowest BCUT2D eigenvalue weighted by molar-refractivity contribution is -0.579. The number of esters is 1. The zero-order valence-electron chi connectivity index (χ0n) is 17.3.